The predicted molar refractivity (Wildman–Crippen MR) is 156 cm³/mol. The van der Waals surface area contributed by atoms with E-state index < -0.39 is 128 Å². The van der Waals surface area contributed by atoms with E-state index in [4.69, 9.17) is 47.4 Å². The van der Waals surface area contributed by atoms with Crippen LogP contribution in [0.4, 0.5) is 4.79 Å². The van der Waals surface area contributed by atoms with Gasteiger partial charge in [0.25, 0.3) is 0 Å². The number of amides is 2. The van der Waals surface area contributed by atoms with Crippen LogP contribution >= 0.6 is 0 Å². The number of urea groups is 1. The first kappa shape index (κ1) is 41.1. The molecule has 0 aliphatic carbocycles. The van der Waals surface area contributed by atoms with Crippen molar-refractivity contribution in [2.45, 2.75) is 117 Å². The lowest BCUT2D eigenvalue weighted by atomic mass is 9.96. The summed E-state index contributed by atoms with van der Waals surface area (Å²) in [6.07, 6.45) is -15.9. The van der Waals surface area contributed by atoms with Gasteiger partial charge in [-0.1, -0.05) is 0 Å². The Morgan fingerprint density at radius 1 is 0.400 bits per heavy atom. The quantitative estimate of drug-likeness (QED) is 0.171. The Balaban J connectivity index is 2.53. The van der Waals surface area contributed by atoms with Crippen molar-refractivity contribution in [2.24, 2.45) is 0 Å². The van der Waals surface area contributed by atoms with Crippen molar-refractivity contribution in [1.29, 1.82) is 0 Å². The van der Waals surface area contributed by atoms with E-state index in [0.29, 0.717) is 0 Å². The first-order valence-corrected chi connectivity index (χ1v) is 15.0. The second-order valence-electron chi connectivity index (χ2n) is 10.9. The van der Waals surface area contributed by atoms with Crippen molar-refractivity contribution >= 4 is 53.8 Å². The third-order valence-corrected chi connectivity index (χ3v) is 6.53. The van der Waals surface area contributed by atoms with E-state index in [2.05, 4.69) is 10.6 Å². The van der Waals surface area contributed by atoms with Gasteiger partial charge in [-0.2, -0.15) is 0 Å². The fourth-order valence-electron chi connectivity index (χ4n) is 4.99. The molecule has 0 aromatic rings. The number of rotatable bonds is 12. The van der Waals surface area contributed by atoms with Gasteiger partial charge in [0, 0.05) is 55.4 Å². The molecule has 2 heterocycles. The molecular formula is C29H40N2O19. The van der Waals surface area contributed by atoms with Crippen LogP contribution in [0.15, 0.2) is 0 Å². The zero-order valence-corrected chi connectivity index (χ0v) is 28.4. The minimum atomic E-state index is -1.72. The summed E-state index contributed by atoms with van der Waals surface area (Å²) in [7, 11) is 0. The summed E-state index contributed by atoms with van der Waals surface area (Å²) in [5.74, 6) is -7.02. The largest absolute Gasteiger partial charge is 0.463 e. The van der Waals surface area contributed by atoms with E-state index in [1.807, 2.05) is 0 Å². The van der Waals surface area contributed by atoms with Gasteiger partial charge in [-0.25, -0.2) is 4.79 Å². The molecule has 0 radical (unpaired) electrons. The van der Waals surface area contributed by atoms with Gasteiger partial charge in [0.2, 0.25) is 0 Å². The highest BCUT2D eigenvalue weighted by Crippen LogP contribution is 2.30. The van der Waals surface area contributed by atoms with Crippen LogP contribution in [0.25, 0.3) is 0 Å². The number of carbonyl (C=O) groups excluding carboxylic acids is 9. The molecule has 21 heteroatoms. The third-order valence-electron chi connectivity index (χ3n) is 6.53. The van der Waals surface area contributed by atoms with Gasteiger partial charge < -0.3 is 58.0 Å². The average Bonchev–Trinajstić information content (AvgIpc) is 2.95. The molecule has 2 fully saturated rings. The third kappa shape index (κ3) is 12.8. The molecule has 0 unspecified atom stereocenters. The van der Waals surface area contributed by atoms with Gasteiger partial charge in [-0.15, -0.1) is 0 Å². The van der Waals surface area contributed by atoms with Gasteiger partial charge in [0.15, 0.2) is 49.1 Å². The molecule has 0 bridgehead atoms. The maximum absolute atomic E-state index is 13.5. The Hall–Kier alpha value is -5.05. The smallest absolute Gasteiger partial charge is 0.319 e. The normalized spacial score (nSPS) is 28.7. The van der Waals surface area contributed by atoms with E-state index in [-0.39, 0.29) is 0 Å². The molecule has 0 aromatic carbocycles. The zero-order valence-electron chi connectivity index (χ0n) is 28.4. The van der Waals surface area contributed by atoms with Crippen LogP contribution in [0.2, 0.25) is 0 Å². The summed E-state index contributed by atoms with van der Waals surface area (Å²) in [5.41, 5.74) is 0. The molecule has 50 heavy (non-hydrogen) atoms. The average molecular weight is 721 g/mol. The van der Waals surface area contributed by atoms with E-state index in [1.54, 1.807) is 0 Å². The molecule has 0 aromatic heterocycles. The molecule has 0 spiro atoms. The molecule has 2 amide bonds. The molecule has 2 aliphatic rings. The molecular weight excluding hydrogens is 680 g/mol. The lowest BCUT2D eigenvalue weighted by Crippen LogP contribution is -2.69. The van der Waals surface area contributed by atoms with Crippen molar-refractivity contribution in [2.75, 3.05) is 13.2 Å². The highest BCUT2D eigenvalue weighted by Gasteiger charge is 2.55. The highest BCUT2D eigenvalue weighted by molar-refractivity contribution is 5.75. The first-order valence-electron chi connectivity index (χ1n) is 15.0. The highest BCUT2D eigenvalue weighted by atomic mass is 16.7. The fourth-order valence-corrected chi connectivity index (χ4v) is 4.99. The van der Waals surface area contributed by atoms with Crippen LogP contribution in [0, 0.1) is 0 Å². The molecule has 0 saturated carbocycles. The molecule has 2 aliphatic heterocycles. The molecule has 280 valence electrons. The summed E-state index contributed by atoms with van der Waals surface area (Å²) >= 11 is 0. The van der Waals surface area contributed by atoms with Crippen molar-refractivity contribution in [3.8, 4) is 0 Å². The number of hydrogen-bond donors (Lipinski definition) is 2. The van der Waals surface area contributed by atoms with Gasteiger partial charge >= 0.3 is 53.8 Å². The Kier molecular flexibility index (Phi) is 15.3. The Labute approximate surface area is 285 Å². The lowest BCUT2D eigenvalue weighted by molar-refractivity contribution is -0.258. The maximum atomic E-state index is 13.5. The lowest BCUT2D eigenvalue weighted by Gasteiger charge is -2.45. The van der Waals surface area contributed by atoms with Crippen LogP contribution in [0.1, 0.15) is 55.4 Å². The van der Waals surface area contributed by atoms with E-state index in [9.17, 15) is 43.2 Å². The SMILES string of the molecule is CC(=O)OC[C@H]1O[C@@H](NC(=O)N[C@@H]2O[C@H](COC(C)=O)[C@@H](OC(C)=O)[C@H](OC(C)=O)[C@H]2OC(C)=O)[C@H](OC(C)=O)[C@@H](OC(C)=O)[C@@H]1OC(C)=O. The van der Waals surface area contributed by atoms with Crippen LogP contribution < -0.4 is 10.6 Å². The predicted octanol–water partition coefficient (Wildman–Crippen LogP) is -1.55. The maximum Gasteiger partial charge on any atom is 0.319 e. The second-order valence-corrected chi connectivity index (χ2v) is 10.9. The molecule has 2 N–H and O–H groups in total. The van der Waals surface area contributed by atoms with Crippen molar-refractivity contribution in [3.05, 3.63) is 0 Å². The van der Waals surface area contributed by atoms with E-state index in [0.717, 1.165) is 55.4 Å². The number of carbonyl (C=O) groups is 9. The van der Waals surface area contributed by atoms with Gasteiger partial charge in [0.1, 0.15) is 25.4 Å². The molecule has 2 rings (SSSR count). The topological polar surface area (TPSA) is 270 Å². The van der Waals surface area contributed by atoms with Crippen molar-refractivity contribution in [1.82, 2.24) is 10.6 Å². The molecule has 21 nitrogen and oxygen atoms in total. The van der Waals surface area contributed by atoms with Crippen LogP contribution in [-0.4, -0.2) is 128 Å². The van der Waals surface area contributed by atoms with Crippen molar-refractivity contribution in [3.63, 3.8) is 0 Å². The second kappa shape index (κ2) is 18.6. The summed E-state index contributed by atoms with van der Waals surface area (Å²) in [5, 5.41) is 4.67. The number of ether oxygens (including phenoxy) is 10. The minimum absolute atomic E-state index is 0.586. The summed E-state index contributed by atoms with van der Waals surface area (Å²) < 4.78 is 53.6. The van der Waals surface area contributed by atoms with E-state index in [1.165, 1.54) is 0 Å². The van der Waals surface area contributed by atoms with E-state index >= 15 is 0 Å². The molecule has 10 atom stereocenters. The minimum Gasteiger partial charge on any atom is -0.463 e. The van der Waals surface area contributed by atoms with Crippen LogP contribution in [0.3, 0.4) is 0 Å². The van der Waals surface area contributed by atoms with Crippen LogP contribution in [0.5, 0.6) is 0 Å². The Bertz CT molecular complexity index is 1220. The number of hydrogen-bond acceptors (Lipinski definition) is 19. The van der Waals surface area contributed by atoms with Gasteiger partial charge in [-0.05, 0) is 0 Å². The monoisotopic (exact) mass is 720 g/mol. The standard InChI is InChI=1S/C29H40N2O19/c1-11(32)41-9-19-21(43-13(3)34)23(45-15(5)36)25(47-17(7)38)27(49-19)30-29(40)31-28-26(48-18(8)39)24(46-16(6)37)22(44-14(4)35)20(50-28)10-42-12(2)33/h19-28H,9-10H2,1-8H3,(H2,30,31,40)/t19-,20-,21-,22-,23+,24+,25-,26-,27-,28-/m1/s1. The zero-order chi connectivity index (χ0) is 37.9. The van der Waals surface area contributed by atoms with Gasteiger partial charge in [0.05, 0.1) is 0 Å². The number of nitrogens with one attached hydrogen (secondary N) is 2. The fraction of sp³-hybridized carbons (Fsp3) is 0.690. The Morgan fingerprint density at radius 2 is 0.660 bits per heavy atom. The van der Waals surface area contributed by atoms with Crippen molar-refractivity contribution < 1.29 is 90.5 Å². The van der Waals surface area contributed by atoms with Gasteiger partial charge in [-0.3, -0.25) is 38.4 Å². The van der Waals surface area contributed by atoms with Crippen LogP contribution in [-0.2, 0) is 85.7 Å². The number of esters is 8. The summed E-state index contributed by atoms with van der Waals surface area (Å²) in [4.78, 5) is 109. The first-order chi connectivity index (χ1) is 23.3. The summed E-state index contributed by atoms with van der Waals surface area (Å²) in [6, 6.07) is -1.20. The summed E-state index contributed by atoms with van der Waals surface area (Å²) in [6.45, 7) is 7.03. The Morgan fingerprint density at radius 3 is 0.920 bits per heavy atom. The molecule has 2 saturated heterocycles.